The topological polar surface area (TPSA) is 37.6 Å². The molecule has 0 atom stereocenters. The number of benzene rings is 2. The smallest absolute Gasteiger partial charge is 0.0849 e. The molecule has 0 aliphatic heterocycles. The van der Waals surface area contributed by atoms with E-state index in [0.717, 1.165) is 34.2 Å². The molecule has 36 heavy (non-hydrogen) atoms. The first-order chi connectivity index (χ1) is 17.5. The Morgan fingerprint density at radius 3 is 1.42 bits per heavy atom. The average molecular weight is 478 g/mol. The van der Waals surface area contributed by atoms with Gasteiger partial charge in [-0.1, -0.05) is 68.1 Å². The van der Waals surface area contributed by atoms with Crippen LogP contribution in [0.2, 0.25) is 0 Å². The monoisotopic (exact) mass is 477 g/mol. The van der Waals surface area contributed by atoms with Gasteiger partial charge in [0.2, 0.25) is 0 Å². The van der Waals surface area contributed by atoms with E-state index in [4.69, 9.17) is 15.0 Å². The Morgan fingerprint density at radius 2 is 1.00 bits per heavy atom. The third-order valence-electron chi connectivity index (χ3n) is 8.18. The van der Waals surface area contributed by atoms with Crippen molar-refractivity contribution in [1.82, 2.24) is 4.98 Å². The van der Waals surface area contributed by atoms with E-state index in [9.17, 15) is 0 Å². The van der Waals surface area contributed by atoms with Gasteiger partial charge >= 0.3 is 0 Å². The summed E-state index contributed by atoms with van der Waals surface area (Å²) in [6, 6.07) is 19.5. The molecule has 0 bridgehead atoms. The predicted octanol–water partition coefficient (Wildman–Crippen LogP) is 9.30. The molecule has 2 aliphatic carbocycles. The van der Waals surface area contributed by atoms with Crippen molar-refractivity contribution in [2.24, 2.45) is 9.98 Å². The standard InChI is InChI=1S/C33H39N3/c1-22-12-9-18-28(26-14-5-6-15-26)32(22)34-24(3)30-20-11-21-31(36-30)25(4)35-33-23(2)13-10-19-29(33)27-16-7-8-17-27/h9-13,18-21,26-27H,5-8,14-17H2,1-4H3. The first kappa shape index (κ1) is 24.6. The number of aliphatic imine (C=N–C) groups is 2. The molecule has 3 aromatic rings. The van der Waals surface area contributed by atoms with Gasteiger partial charge in [0, 0.05) is 0 Å². The summed E-state index contributed by atoms with van der Waals surface area (Å²) in [5.74, 6) is 1.27. The van der Waals surface area contributed by atoms with E-state index in [1.165, 1.54) is 73.6 Å². The molecule has 0 amide bonds. The minimum atomic E-state index is 0.633. The van der Waals surface area contributed by atoms with Crippen LogP contribution in [-0.2, 0) is 0 Å². The number of pyridine rings is 1. The van der Waals surface area contributed by atoms with Gasteiger partial charge in [0.25, 0.3) is 0 Å². The van der Waals surface area contributed by atoms with Crippen LogP contribution in [0.5, 0.6) is 0 Å². The number of hydrogen-bond donors (Lipinski definition) is 0. The summed E-state index contributed by atoms with van der Waals surface area (Å²) in [5, 5.41) is 0. The van der Waals surface area contributed by atoms with Crippen LogP contribution in [-0.4, -0.2) is 16.4 Å². The second-order valence-electron chi connectivity index (χ2n) is 10.8. The molecular weight excluding hydrogens is 438 g/mol. The molecule has 2 fully saturated rings. The highest BCUT2D eigenvalue weighted by molar-refractivity contribution is 6.02. The zero-order chi connectivity index (χ0) is 25.1. The Bertz CT molecular complexity index is 1190. The fourth-order valence-electron chi connectivity index (χ4n) is 6.09. The summed E-state index contributed by atoms with van der Waals surface area (Å²) in [7, 11) is 0. The maximum Gasteiger partial charge on any atom is 0.0849 e. The Hall–Kier alpha value is -3.07. The van der Waals surface area contributed by atoms with E-state index < -0.39 is 0 Å². The Balaban J connectivity index is 1.47. The van der Waals surface area contributed by atoms with Gasteiger partial charge in [-0.2, -0.15) is 0 Å². The first-order valence-electron chi connectivity index (χ1n) is 13.8. The molecule has 1 aromatic heterocycles. The fourth-order valence-corrected chi connectivity index (χ4v) is 6.09. The molecule has 0 unspecified atom stereocenters. The number of para-hydroxylation sites is 2. The van der Waals surface area contributed by atoms with Crippen molar-refractivity contribution in [1.29, 1.82) is 0 Å². The van der Waals surface area contributed by atoms with Gasteiger partial charge in [0.05, 0.1) is 34.2 Å². The molecule has 0 saturated heterocycles. The van der Waals surface area contributed by atoms with Crippen LogP contribution in [0.1, 0.15) is 111 Å². The molecule has 2 aromatic carbocycles. The lowest BCUT2D eigenvalue weighted by molar-refractivity contribution is 0.723. The predicted molar refractivity (Wildman–Crippen MR) is 153 cm³/mol. The van der Waals surface area contributed by atoms with E-state index in [1.54, 1.807) is 0 Å². The Kier molecular flexibility index (Phi) is 7.46. The van der Waals surface area contributed by atoms with Crippen molar-refractivity contribution in [3.63, 3.8) is 0 Å². The van der Waals surface area contributed by atoms with Crippen molar-refractivity contribution >= 4 is 22.8 Å². The minimum absolute atomic E-state index is 0.633. The molecule has 2 aliphatic rings. The second-order valence-corrected chi connectivity index (χ2v) is 10.8. The number of aromatic nitrogens is 1. The summed E-state index contributed by atoms with van der Waals surface area (Å²) >= 11 is 0. The van der Waals surface area contributed by atoms with Crippen molar-refractivity contribution in [2.75, 3.05) is 0 Å². The van der Waals surface area contributed by atoms with Crippen LogP contribution in [0, 0.1) is 13.8 Å². The third-order valence-corrected chi connectivity index (χ3v) is 8.18. The van der Waals surface area contributed by atoms with Gasteiger partial charge < -0.3 is 0 Å². The molecular formula is C33H39N3. The summed E-state index contributed by atoms with van der Waals surface area (Å²) in [5.41, 5.74) is 11.3. The van der Waals surface area contributed by atoms with E-state index in [-0.39, 0.29) is 0 Å². The lowest BCUT2D eigenvalue weighted by atomic mass is 9.94. The van der Waals surface area contributed by atoms with Gasteiger partial charge in [-0.25, -0.2) is 4.98 Å². The number of hydrogen-bond acceptors (Lipinski definition) is 3. The van der Waals surface area contributed by atoms with Crippen molar-refractivity contribution in [2.45, 2.75) is 90.9 Å². The SMILES string of the molecule is CC(=Nc1c(C)cccc1C1CCCC1)c1cccc(C(C)=Nc2c(C)cccc2C2CCCC2)n1. The highest BCUT2D eigenvalue weighted by Crippen LogP contribution is 2.41. The molecule has 2 saturated carbocycles. The zero-order valence-corrected chi connectivity index (χ0v) is 22.3. The van der Waals surface area contributed by atoms with E-state index in [2.05, 4.69) is 82.3 Å². The largest absolute Gasteiger partial charge is 0.251 e. The fraction of sp³-hybridized carbons (Fsp3) is 0.424. The highest BCUT2D eigenvalue weighted by atomic mass is 14.8. The van der Waals surface area contributed by atoms with Gasteiger partial charge in [-0.3, -0.25) is 9.98 Å². The summed E-state index contributed by atoms with van der Waals surface area (Å²) in [6.45, 7) is 8.52. The molecule has 5 rings (SSSR count). The molecule has 1 heterocycles. The zero-order valence-electron chi connectivity index (χ0n) is 22.3. The lowest BCUT2D eigenvalue weighted by Crippen LogP contribution is -2.06. The molecule has 0 radical (unpaired) electrons. The first-order valence-corrected chi connectivity index (χ1v) is 13.8. The summed E-state index contributed by atoms with van der Waals surface area (Å²) < 4.78 is 0. The van der Waals surface area contributed by atoms with Crippen LogP contribution in [0.3, 0.4) is 0 Å². The number of rotatable bonds is 6. The molecule has 3 heteroatoms. The van der Waals surface area contributed by atoms with Crippen LogP contribution in [0.15, 0.2) is 64.6 Å². The van der Waals surface area contributed by atoms with Gasteiger partial charge in [0.15, 0.2) is 0 Å². The second kappa shape index (κ2) is 10.9. The van der Waals surface area contributed by atoms with Crippen LogP contribution < -0.4 is 0 Å². The van der Waals surface area contributed by atoms with Crippen LogP contribution >= 0.6 is 0 Å². The minimum Gasteiger partial charge on any atom is -0.251 e. The number of nitrogens with zero attached hydrogens (tertiary/aromatic N) is 3. The van der Waals surface area contributed by atoms with Crippen molar-refractivity contribution in [3.8, 4) is 0 Å². The van der Waals surface area contributed by atoms with E-state index in [0.29, 0.717) is 11.8 Å². The van der Waals surface area contributed by atoms with Crippen molar-refractivity contribution in [3.05, 3.63) is 88.2 Å². The summed E-state index contributed by atoms with van der Waals surface area (Å²) in [6.07, 6.45) is 10.4. The molecule has 0 N–H and O–H groups in total. The maximum absolute atomic E-state index is 5.15. The number of aryl methyl sites for hydroxylation is 2. The van der Waals surface area contributed by atoms with E-state index >= 15 is 0 Å². The van der Waals surface area contributed by atoms with Crippen LogP contribution in [0.25, 0.3) is 0 Å². The normalized spacial score (nSPS) is 17.8. The van der Waals surface area contributed by atoms with Gasteiger partial charge in [0.1, 0.15) is 0 Å². The van der Waals surface area contributed by atoms with Crippen molar-refractivity contribution < 1.29 is 0 Å². The van der Waals surface area contributed by atoms with E-state index in [1.807, 2.05) is 0 Å². The molecule has 0 spiro atoms. The van der Waals surface area contributed by atoms with Gasteiger partial charge in [-0.15, -0.1) is 0 Å². The molecule has 3 nitrogen and oxygen atoms in total. The average Bonchev–Trinajstić information content (AvgIpc) is 3.61. The third kappa shape index (κ3) is 5.21. The summed E-state index contributed by atoms with van der Waals surface area (Å²) in [4.78, 5) is 15.3. The van der Waals surface area contributed by atoms with Crippen LogP contribution in [0.4, 0.5) is 11.4 Å². The molecule has 186 valence electrons. The maximum atomic E-state index is 5.15. The quantitative estimate of drug-likeness (QED) is 0.326. The Labute approximate surface area is 216 Å². The lowest BCUT2D eigenvalue weighted by Gasteiger charge is -2.16. The highest BCUT2D eigenvalue weighted by Gasteiger charge is 2.22. The Morgan fingerprint density at radius 1 is 0.611 bits per heavy atom. The van der Waals surface area contributed by atoms with Gasteiger partial charge in [-0.05, 0) is 99.6 Å².